The molecule has 0 radical (unpaired) electrons. The van der Waals surface area contributed by atoms with Gasteiger partial charge in [-0.2, -0.15) is 0 Å². The second-order valence-corrected chi connectivity index (χ2v) is 5.42. The Bertz CT molecular complexity index is 137. The molecule has 0 aliphatic rings. The molecule has 0 fully saturated rings. The summed E-state index contributed by atoms with van der Waals surface area (Å²) in [5.41, 5.74) is 0.520. The van der Waals surface area contributed by atoms with E-state index in [1.54, 1.807) is 0 Å². The zero-order chi connectivity index (χ0) is 10.9. The van der Waals surface area contributed by atoms with Crippen LogP contribution in [0.3, 0.4) is 0 Å². The first-order valence-corrected chi connectivity index (χ1v) is 6.21. The van der Waals surface area contributed by atoms with Gasteiger partial charge in [-0.05, 0) is 31.1 Å². The van der Waals surface area contributed by atoms with Gasteiger partial charge >= 0.3 is 0 Å². The molecule has 0 nitrogen and oxygen atoms in total. The van der Waals surface area contributed by atoms with Crippen LogP contribution >= 0.6 is 0 Å². The van der Waals surface area contributed by atoms with Crippen LogP contribution in [0.4, 0.5) is 0 Å². The van der Waals surface area contributed by atoms with Gasteiger partial charge < -0.3 is 0 Å². The Balaban J connectivity index is 3.17. The van der Waals surface area contributed by atoms with E-state index in [2.05, 4.69) is 39.8 Å². The second kappa shape index (κ2) is 8.08. The Kier molecular flexibility index (Phi) is 7.93. The maximum atomic E-state index is 2.36. The summed E-state index contributed by atoms with van der Waals surface area (Å²) in [5, 5.41) is 0. The average molecular weight is 196 g/mol. The van der Waals surface area contributed by atoms with E-state index < -0.39 is 0 Å². The van der Waals surface area contributed by atoms with Crippen LogP contribution < -0.4 is 0 Å². The summed E-state index contributed by atoms with van der Waals surface area (Å²) >= 11 is 0. The lowest BCUT2D eigenvalue weighted by Crippen LogP contribution is -2.03. The Morgan fingerprint density at radius 2 is 1.43 bits per heavy atom. The van der Waals surface area contributed by atoms with Crippen molar-refractivity contribution in [3.63, 3.8) is 0 Å². The molecule has 0 rings (SSSR count). The summed E-state index contributed by atoms with van der Waals surface area (Å²) in [5.74, 6) is 0. The maximum absolute atomic E-state index is 2.36. The molecule has 0 aromatic heterocycles. The molecule has 0 aliphatic carbocycles. The summed E-state index contributed by atoms with van der Waals surface area (Å²) in [7, 11) is 0. The first-order chi connectivity index (χ1) is 6.56. The first-order valence-electron chi connectivity index (χ1n) is 6.21. The molecule has 0 amide bonds. The van der Waals surface area contributed by atoms with Crippen molar-refractivity contribution in [2.45, 2.75) is 72.6 Å². The normalized spacial score (nSPS) is 12.6. The lowest BCUT2D eigenvalue weighted by atomic mass is 9.89. The Hall–Kier alpha value is -0.260. The van der Waals surface area contributed by atoms with Gasteiger partial charge in [0, 0.05) is 0 Å². The molecule has 0 saturated heterocycles. The maximum Gasteiger partial charge on any atom is -0.0351 e. The highest BCUT2D eigenvalue weighted by Gasteiger charge is 2.07. The van der Waals surface area contributed by atoms with E-state index in [1.807, 2.05) is 0 Å². The summed E-state index contributed by atoms with van der Waals surface area (Å²) in [6.07, 6.45) is 14.0. The van der Waals surface area contributed by atoms with E-state index in [4.69, 9.17) is 0 Å². The third-order valence-corrected chi connectivity index (χ3v) is 2.44. The largest absolute Gasteiger partial charge is 0.0885 e. The van der Waals surface area contributed by atoms with E-state index in [0.717, 1.165) is 0 Å². The number of hydrogen-bond donors (Lipinski definition) is 0. The highest BCUT2D eigenvalue weighted by atomic mass is 14.1. The fourth-order valence-corrected chi connectivity index (χ4v) is 1.48. The van der Waals surface area contributed by atoms with Gasteiger partial charge in [-0.1, -0.05) is 59.1 Å². The molecular formula is C14H28. The third-order valence-electron chi connectivity index (χ3n) is 2.44. The molecule has 0 unspecified atom stereocenters. The van der Waals surface area contributed by atoms with Crippen molar-refractivity contribution in [1.29, 1.82) is 0 Å². The minimum atomic E-state index is 0.520. The molecule has 0 heteroatoms. The molecule has 0 spiro atoms. The van der Waals surface area contributed by atoms with Gasteiger partial charge in [-0.25, -0.2) is 0 Å². The lowest BCUT2D eigenvalue weighted by Gasteiger charge is -2.17. The molecule has 84 valence electrons. The zero-order valence-corrected chi connectivity index (χ0v) is 10.6. The van der Waals surface area contributed by atoms with Crippen molar-refractivity contribution in [2.75, 3.05) is 0 Å². The van der Waals surface area contributed by atoms with E-state index in [-0.39, 0.29) is 0 Å². The van der Waals surface area contributed by atoms with E-state index in [0.29, 0.717) is 5.41 Å². The second-order valence-electron chi connectivity index (χ2n) is 5.42. The third kappa shape index (κ3) is 11.7. The summed E-state index contributed by atoms with van der Waals surface area (Å²) < 4.78 is 0. The summed E-state index contributed by atoms with van der Waals surface area (Å²) in [6.45, 7) is 9.22. The molecule has 14 heavy (non-hydrogen) atoms. The predicted octanol–water partition coefficient (Wildman–Crippen LogP) is 5.34. The van der Waals surface area contributed by atoms with Crippen molar-refractivity contribution in [3.8, 4) is 0 Å². The number of allylic oxidation sites excluding steroid dienone is 2. The Morgan fingerprint density at radius 1 is 0.857 bits per heavy atom. The van der Waals surface area contributed by atoms with Gasteiger partial charge in [0.25, 0.3) is 0 Å². The minimum Gasteiger partial charge on any atom is -0.0885 e. The Morgan fingerprint density at radius 3 is 1.93 bits per heavy atom. The van der Waals surface area contributed by atoms with Crippen LogP contribution in [-0.4, -0.2) is 0 Å². The van der Waals surface area contributed by atoms with Crippen LogP contribution in [0.15, 0.2) is 12.2 Å². The van der Waals surface area contributed by atoms with Crippen LogP contribution in [0.2, 0.25) is 0 Å². The van der Waals surface area contributed by atoms with E-state index >= 15 is 0 Å². The van der Waals surface area contributed by atoms with E-state index in [1.165, 1.54) is 44.9 Å². The van der Waals surface area contributed by atoms with Gasteiger partial charge in [-0.3, -0.25) is 0 Å². The quantitative estimate of drug-likeness (QED) is 0.381. The van der Waals surface area contributed by atoms with Crippen LogP contribution in [0.5, 0.6) is 0 Å². The van der Waals surface area contributed by atoms with Crippen molar-refractivity contribution in [1.82, 2.24) is 0 Å². The van der Waals surface area contributed by atoms with E-state index in [9.17, 15) is 0 Å². The fraction of sp³-hybridized carbons (Fsp3) is 0.857. The highest BCUT2D eigenvalue weighted by molar-refractivity contribution is 4.81. The topological polar surface area (TPSA) is 0 Å². The molecule has 0 N–H and O–H groups in total. The minimum absolute atomic E-state index is 0.520. The van der Waals surface area contributed by atoms with Crippen molar-refractivity contribution >= 4 is 0 Å². The Labute approximate surface area is 90.8 Å². The molecule has 0 atom stereocenters. The van der Waals surface area contributed by atoms with Gasteiger partial charge in [0.1, 0.15) is 0 Å². The lowest BCUT2D eigenvalue weighted by molar-refractivity contribution is 0.361. The molecular weight excluding hydrogens is 168 g/mol. The van der Waals surface area contributed by atoms with Crippen molar-refractivity contribution in [2.24, 2.45) is 5.41 Å². The first kappa shape index (κ1) is 13.7. The fourth-order valence-electron chi connectivity index (χ4n) is 1.48. The standard InChI is InChI=1S/C14H28/c1-5-6-7-8-9-10-11-12-13-14(2,3)4/h8-9H,5-7,10-13H2,1-4H3/b9-8+. The van der Waals surface area contributed by atoms with Crippen LogP contribution in [0.1, 0.15) is 72.6 Å². The predicted molar refractivity (Wildman–Crippen MR) is 66.6 cm³/mol. The van der Waals surface area contributed by atoms with Gasteiger partial charge in [0.15, 0.2) is 0 Å². The monoisotopic (exact) mass is 196 g/mol. The SMILES string of the molecule is CCCC/C=C/CCCCC(C)(C)C. The van der Waals surface area contributed by atoms with Gasteiger partial charge in [0.05, 0.1) is 0 Å². The molecule has 0 aromatic carbocycles. The smallest absolute Gasteiger partial charge is 0.0351 e. The van der Waals surface area contributed by atoms with Crippen LogP contribution in [0.25, 0.3) is 0 Å². The highest BCUT2D eigenvalue weighted by Crippen LogP contribution is 2.21. The number of unbranched alkanes of at least 4 members (excludes halogenated alkanes) is 4. The summed E-state index contributed by atoms with van der Waals surface area (Å²) in [6, 6.07) is 0. The van der Waals surface area contributed by atoms with Crippen LogP contribution in [0, 0.1) is 5.41 Å². The van der Waals surface area contributed by atoms with Crippen molar-refractivity contribution in [3.05, 3.63) is 12.2 Å². The molecule has 0 bridgehead atoms. The number of rotatable bonds is 7. The van der Waals surface area contributed by atoms with Crippen LogP contribution in [-0.2, 0) is 0 Å². The molecule has 0 aliphatic heterocycles. The zero-order valence-electron chi connectivity index (χ0n) is 10.6. The molecule has 0 aromatic rings. The van der Waals surface area contributed by atoms with Crippen molar-refractivity contribution < 1.29 is 0 Å². The molecule has 0 heterocycles. The average Bonchev–Trinajstić information content (AvgIpc) is 2.08. The number of hydrogen-bond acceptors (Lipinski definition) is 0. The summed E-state index contributed by atoms with van der Waals surface area (Å²) in [4.78, 5) is 0. The van der Waals surface area contributed by atoms with Gasteiger partial charge in [-0.15, -0.1) is 0 Å². The van der Waals surface area contributed by atoms with Gasteiger partial charge in [0.2, 0.25) is 0 Å². The molecule has 0 saturated carbocycles.